The molecule has 2 heterocycles. The Morgan fingerprint density at radius 1 is 1.19 bits per heavy atom. The van der Waals surface area contributed by atoms with Gasteiger partial charge in [-0.25, -0.2) is 9.97 Å². The first-order valence-electron chi connectivity index (χ1n) is 7.27. The maximum Gasteiger partial charge on any atom is 0.163 e. The average Bonchev–Trinajstić information content (AvgIpc) is 3.30. The van der Waals surface area contributed by atoms with Gasteiger partial charge in [-0.3, -0.25) is 4.68 Å². The molecule has 2 aromatic heterocycles. The van der Waals surface area contributed by atoms with E-state index in [0.29, 0.717) is 12.0 Å². The molecule has 106 valence electrons. The molecular weight excluding hydrogens is 262 g/mol. The fourth-order valence-electron chi connectivity index (χ4n) is 2.79. The number of aromatic nitrogens is 4. The molecule has 0 radical (unpaired) electrons. The van der Waals surface area contributed by atoms with E-state index in [4.69, 9.17) is 0 Å². The van der Waals surface area contributed by atoms with Gasteiger partial charge in [0.25, 0.3) is 0 Å². The Kier molecular flexibility index (Phi) is 2.84. The normalized spacial score (nSPS) is 16.0. The van der Waals surface area contributed by atoms with Crippen molar-refractivity contribution in [2.24, 2.45) is 13.0 Å². The molecule has 1 aliphatic carbocycles. The highest BCUT2D eigenvalue weighted by Crippen LogP contribution is 2.43. The highest BCUT2D eigenvalue weighted by molar-refractivity contribution is 5.86. The SMILES string of the molecule is Cn1ncc2c(N[C@@H](c3ccccc3)C3CC3)ncnc21. The lowest BCUT2D eigenvalue weighted by Gasteiger charge is -2.19. The summed E-state index contributed by atoms with van der Waals surface area (Å²) < 4.78 is 1.77. The van der Waals surface area contributed by atoms with Crippen molar-refractivity contribution in [2.45, 2.75) is 18.9 Å². The number of hydrogen-bond donors (Lipinski definition) is 1. The predicted molar refractivity (Wildman–Crippen MR) is 81.8 cm³/mol. The van der Waals surface area contributed by atoms with Crippen LogP contribution in [0.15, 0.2) is 42.9 Å². The molecule has 0 unspecified atom stereocenters. The third-order valence-electron chi connectivity index (χ3n) is 4.07. The Bertz CT molecular complexity index is 761. The van der Waals surface area contributed by atoms with Crippen LogP contribution in [0.5, 0.6) is 0 Å². The molecule has 0 amide bonds. The number of benzene rings is 1. The van der Waals surface area contributed by atoms with Crippen LogP contribution in [0.3, 0.4) is 0 Å². The van der Waals surface area contributed by atoms with Crippen molar-refractivity contribution in [3.63, 3.8) is 0 Å². The predicted octanol–water partition coefficient (Wildman–Crippen LogP) is 2.93. The van der Waals surface area contributed by atoms with Gasteiger partial charge in [-0.1, -0.05) is 30.3 Å². The lowest BCUT2D eigenvalue weighted by molar-refractivity contribution is 0.676. The van der Waals surface area contributed by atoms with Crippen molar-refractivity contribution in [1.29, 1.82) is 0 Å². The zero-order chi connectivity index (χ0) is 14.2. The van der Waals surface area contributed by atoms with Crippen LogP contribution in [-0.4, -0.2) is 19.7 Å². The summed E-state index contributed by atoms with van der Waals surface area (Å²) >= 11 is 0. The Morgan fingerprint density at radius 3 is 2.76 bits per heavy atom. The maximum absolute atomic E-state index is 4.42. The monoisotopic (exact) mass is 279 g/mol. The summed E-state index contributed by atoms with van der Waals surface area (Å²) in [6.07, 6.45) is 5.97. The molecule has 0 saturated heterocycles. The van der Waals surface area contributed by atoms with Gasteiger partial charge >= 0.3 is 0 Å². The molecule has 1 saturated carbocycles. The minimum atomic E-state index is 0.310. The third kappa shape index (κ3) is 2.24. The third-order valence-corrected chi connectivity index (χ3v) is 4.07. The van der Waals surface area contributed by atoms with E-state index in [1.54, 1.807) is 11.0 Å². The van der Waals surface area contributed by atoms with E-state index in [1.807, 2.05) is 13.2 Å². The number of aryl methyl sites for hydroxylation is 1. The van der Waals surface area contributed by atoms with E-state index in [-0.39, 0.29) is 0 Å². The summed E-state index contributed by atoms with van der Waals surface area (Å²) in [6.45, 7) is 0. The van der Waals surface area contributed by atoms with E-state index in [2.05, 4.69) is 50.7 Å². The molecule has 1 aromatic carbocycles. The molecule has 21 heavy (non-hydrogen) atoms. The van der Waals surface area contributed by atoms with Crippen LogP contribution < -0.4 is 5.32 Å². The Balaban J connectivity index is 1.72. The van der Waals surface area contributed by atoms with E-state index in [0.717, 1.165) is 16.9 Å². The van der Waals surface area contributed by atoms with E-state index in [1.165, 1.54) is 18.4 Å². The van der Waals surface area contributed by atoms with Gasteiger partial charge in [0.15, 0.2) is 5.65 Å². The number of nitrogens with zero attached hydrogens (tertiary/aromatic N) is 4. The van der Waals surface area contributed by atoms with Crippen molar-refractivity contribution in [2.75, 3.05) is 5.32 Å². The summed E-state index contributed by atoms with van der Waals surface area (Å²) in [4.78, 5) is 8.71. The minimum Gasteiger partial charge on any atom is -0.362 e. The van der Waals surface area contributed by atoms with Gasteiger partial charge in [-0.05, 0) is 24.3 Å². The fourth-order valence-corrected chi connectivity index (χ4v) is 2.79. The zero-order valence-corrected chi connectivity index (χ0v) is 11.9. The molecule has 1 aliphatic rings. The summed E-state index contributed by atoms with van der Waals surface area (Å²) in [5.41, 5.74) is 2.17. The van der Waals surface area contributed by atoms with Crippen molar-refractivity contribution in [3.05, 3.63) is 48.4 Å². The minimum absolute atomic E-state index is 0.310. The Morgan fingerprint density at radius 2 is 2.00 bits per heavy atom. The summed E-state index contributed by atoms with van der Waals surface area (Å²) in [5.74, 6) is 1.56. The number of anilines is 1. The molecule has 5 nitrogen and oxygen atoms in total. The van der Waals surface area contributed by atoms with Crippen LogP contribution in [0.1, 0.15) is 24.4 Å². The number of hydrogen-bond acceptors (Lipinski definition) is 4. The van der Waals surface area contributed by atoms with Gasteiger partial charge in [0.1, 0.15) is 12.1 Å². The molecule has 0 aliphatic heterocycles. The summed E-state index contributed by atoms with van der Waals surface area (Å²) in [5, 5.41) is 8.85. The van der Waals surface area contributed by atoms with Crippen molar-refractivity contribution < 1.29 is 0 Å². The van der Waals surface area contributed by atoms with Gasteiger partial charge < -0.3 is 5.32 Å². The van der Waals surface area contributed by atoms with E-state index < -0.39 is 0 Å². The number of rotatable bonds is 4. The second-order valence-electron chi connectivity index (χ2n) is 5.60. The largest absolute Gasteiger partial charge is 0.362 e. The number of fused-ring (bicyclic) bond motifs is 1. The van der Waals surface area contributed by atoms with Gasteiger partial charge in [-0.15, -0.1) is 0 Å². The van der Waals surface area contributed by atoms with Gasteiger partial charge in [0, 0.05) is 7.05 Å². The molecule has 5 heteroatoms. The second kappa shape index (κ2) is 4.84. The van der Waals surface area contributed by atoms with Gasteiger partial charge in [0.05, 0.1) is 17.6 Å². The Labute approximate surface area is 123 Å². The molecule has 0 spiro atoms. The van der Waals surface area contributed by atoms with Crippen LogP contribution >= 0.6 is 0 Å². The highest BCUT2D eigenvalue weighted by Gasteiger charge is 2.32. The van der Waals surface area contributed by atoms with Crippen molar-refractivity contribution >= 4 is 16.9 Å². The van der Waals surface area contributed by atoms with Crippen molar-refractivity contribution in [3.8, 4) is 0 Å². The number of nitrogens with one attached hydrogen (secondary N) is 1. The van der Waals surface area contributed by atoms with Crippen LogP contribution in [0.25, 0.3) is 11.0 Å². The topological polar surface area (TPSA) is 55.6 Å². The summed E-state index contributed by atoms with van der Waals surface area (Å²) in [6, 6.07) is 10.9. The molecule has 4 rings (SSSR count). The van der Waals surface area contributed by atoms with Crippen molar-refractivity contribution in [1.82, 2.24) is 19.7 Å². The lowest BCUT2D eigenvalue weighted by Crippen LogP contribution is -2.14. The highest BCUT2D eigenvalue weighted by atomic mass is 15.3. The molecule has 1 fully saturated rings. The molecular formula is C16H17N5. The molecule has 3 aromatic rings. The molecule has 0 bridgehead atoms. The first kappa shape index (κ1) is 12.3. The average molecular weight is 279 g/mol. The van der Waals surface area contributed by atoms with Gasteiger partial charge in [0.2, 0.25) is 0 Å². The van der Waals surface area contributed by atoms with Gasteiger partial charge in [-0.2, -0.15) is 5.10 Å². The Hall–Kier alpha value is -2.43. The van der Waals surface area contributed by atoms with E-state index >= 15 is 0 Å². The standard InChI is InChI=1S/C16H17N5/c1-21-16-13(9-19-21)15(17-10-18-16)20-14(12-7-8-12)11-5-3-2-4-6-11/h2-6,9-10,12,14H,7-8H2,1H3,(H,17,18,20)/t14-/m0/s1. The zero-order valence-electron chi connectivity index (χ0n) is 11.9. The lowest BCUT2D eigenvalue weighted by atomic mass is 10.0. The van der Waals surface area contributed by atoms with Crippen LogP contribution in [-0.2, 0) is 7.05 Å². The van der Waals surface area contributed by atoms with Crippen LogP contribution in [0, 0.1) is 5.92 Å². The second-order valence-corrected chi connectivity index (χ2v) is 5.60. The molecule has 1 N–H and O–H groups in total. The smallest absolute Gasteiger partial charge is 0.163 e. The molecule has 1 atom stereocenters. The first-order chi connectivity index (χ1) is 10.3. The quantitative estimate of drug-likeness (QED) is 0.797. The maximum atomic E-state index is 4.42. The van der Waals surface area contributed by atoms with Crippen LogP contribution in [0.4, 0.5) is 5.82 Å². The van der Waals surface area contributed by atoms with Crippen LogP contribution in [0.2, 0.25) is 0 Å². The fraction of sp³-hybridized carbons (Fsp3) is 0.312. The van der Waals surface area contributed by atoms with E-state index in [9.17, 15) is 0 Å². The summed E-state index contributed by atoms with van der Waals surface area (Å²) in [7, 11) is 1.90. The first-order valence-corrected chi connectivity index (χ1v) is 7.27.